The number of hydrogen-bond donors (Lipinski definition) is 1. The maximum absolute atomic E-state index is 12.5. The minimum Gasteiger partial charge on any atom is -0.338 e. The van der Waals surface area contributed by atoms with Gasteiger partial charge in [-0.2, -0.15) is 18.2 Å². The lowest BCUT2D eigenvalue weighted by Crippen LogP contribution is -2.34. The van der Waals surface area contributed by atoms with Crippen molar-refractivity contribution in [1.82, 2.24) is 15.0 Å². The van der Waals surface area contributed by atoms with Gasteiger partial charge in [0.15, 0.2) is 0 Å². The molecule has 1 aliphatic rings. The topological polar surface area (TPSA) is 85.2 Å². The van der Waals surface area contributed by atoms with Gasteiger partial charge in [-0.25, -0.2) is 0 Å². The number of hydrogen-bond acceptors (Lipinski definition) is 5. The van der Waals surface area contributed by atoms with Crippen LogP contribution >= 0.6 is 0 Å². The number of halogens is 3. The Balaban J connectivity index is 1.74. The van der Waals surface area contributed by atoms with Crippen LogP contribution in [0.25, 0.3) is 11.4 Å². The van der Waals surface area contributed by atoms with Crippen molar-refractivity contribution in [2.75, 3.05) is 19.6 Å². The molecule has 1 fully saturated rings. The Hall–Kier alpha value is -2.42. The molecule has 134 valence electrons. The molecule has 1 aromatic carbocycles. The van der Waals surface area contributed by atoms with E-state index in [9.17, 15) is 18.0 Å². The summed E-state index contributed by atoms with van der Waals surface area (Å²) < 4.78 is 41.7. The quantitative estimate of drug-likeness (QED) is 0.916. The minimum atomic E-state index is -4.69. The molecule has 2 N–H and O–H groups in total. The number of likely N-dealkylation sites (tertiary alicyclic amines) is 1. The van der Waals surface area contributed by atoms with Crippen molar-refractivity contribution in [2.24, 2.45) is 11.1 Å². The fourth-order valence-electron chi connectivity index (χ4n) is 2.76. The van der Waals surface area contributed by atoms with Gasteiger partial charge >= 0.3 is 12.1 Å². The van der Waals surface area contributed by atoms with Gasteiger partial charge in [0.2, 0.25) is 5.82 Å². The number of alkyl halides is 3. The molecule has 9 heteroatoms. The first-order chi connectivity index (χ1) is 11.7. The zero-order valence-electron chi connectivity index (χ0n) is 13.5. The Morgan fingerprint density at radius 2 is 2.04 bits per heavy atom. The lowest BCUT2D eigenvalue weighted by molar-refractivity contribution is -0.159. The summed E-state index contributed by atoms with van der Waals surface area (Å²) in [6.07, 6.45) is -3.84. The van der Waals surface area contributed by atoms with Crippen LogP contribution in [-0.4, -0.2) is 40.6 Å². The van der Waals surface area contributed by atoms with Gasteiger partial charge in [-0.3, -0.25) is 4.79 Å². The number of carbonyl (C=O) groups excluding carboxylic acids is 1. The summed E-state index contributed by atoms with van der Waals surface area (Å²) >= 11 is 0. The summed E-state index contributed by atoms with van der Waals surface area (Å²) in [6.45, 7) is 3.77. The fraction of sp³-hybridized carbons (Fsp3) is 0.438. The Labute approximate surface area is 141 Å². The van der Waals surface area contributed by atoms with Gasteiger partial charge in [-0.15, -0.1) is 0 Å². The Morgan fingerprint density at radius 3 is 2.56 bits per heavy atom. The monoisotopic (exact) mass is 354 g/mol. The molecule has 25 heavy (non-hydrogen) atoms. The number of aromatic nitrogens is 2. The Morgan fingerprint density at radius 1 is 1.36 bits per heavy atom. The second kappa shape index (κ2) is 6.14. The maximum Gasteiger partial charge on any atom is 0.471 e. The van der Waals surface area contributed by atoms with Crippen molar-refractivity contribution < 1.29 is 22.5 Å². The van der Waals surface area contributed by atoms with E-state index in [4.69, 9.17) is 5.73 Å². The summed E-state index contributed by atoms with van der Waals surface area (Å²) in [5.74, 6) is -1.71. The van der Waals surface area contributed by atoms with Crippen molar-refractivity contribution in [3.8, 4) is 11.4 Å². The van der Waals surface area contributed by atoms with Crippen LogP contribution in [0.3, 0.4) is 0 Å². The maximum atomic E-state index is 12.5. The number of carbonyl (C=O) groups is 1. The lowest BCUT2D eigenvalue weighted by atomic mass is 9.90. The summed E-state index contributed by atoms with van der Waals surface area (Å²) in [4.78, 5) is 17.6. The molecule has 1 atom stereocenters. The summed E-state index contributed by atoms with van der Waals surface area (Å²) in [6, 6.07) is 6.08. The molecule has 2 aromatic rings. The third-order valence-corrected chi connectivity index (χ3v) is 4.40. The fourth-order valence-corrected chi connectivity index (χ4v) is 2.76. The molecule has 3 rings (SSSR count). The Bertz CT molecular complexity index is 772. The van der Waals surface area contributed by atoms with Crippen LogP contribution in [0, 0.1) is 5.41 Å². The predicted molar refractivity (Wildman–Crippen MR) is 82.4 cm³/mol. The predicted octanol–water partition coefficient (Wildman–Crippen LogP) is 2.57. The molecule has 0 aliphatic carbocycles. The van der Waals surface area contributed by atoms with Gasteiger partial charge in [0, 0.05) is 24.2 Å². The van der Waals surface area contributed by atoms with Gasteiger partial charge in [0.25, 0.3) is 5.91 Å². The van der Waals surface area contributed by atoms with Crippen molar-refractivity contribution in [3.05, 3.63) is 35.7 Å². The SMILES string of the molecule is CC1(CN)CCN(C(=O)c2ccc(-c3noc(C(F)(F)F)n3)cc2)C1. The number of nitrogens with two attached hydrogens (primary N) is 1. The molecule has 1 amide bonds. The van der Waals surface area contributed by atoms with Crippen LogP contribution in [0.5, 0.6) is 0 Å². The normalized spacial score (nSPS) is 20.9. The van der Waals surface area contributed by atoms with Gasteiger partial charge in [-0.1, -0.05) is 24.2 Å². The molecule has 1 saturated heterocycles. The minimum absolute atomic E-state index is 0.0752. The first kappa shape index (κ1) is 17.4. The molecular formula is C16H17F3N4O2. The van der Waals surface area contributed by atoms with Crippen molar-refractivity contribution in [2.45, 2.75) is 19.5 Å². The molecule has 0 bridgehead atoms. The summed E-state index contributed by atoms with van der Waals surface area (Å²) in [5.41, 5.74) is 6.46. The molecule has 0 radical (unpaired) electrons. The zero-order valence-corrected chi connectivity index (χ0v) is 13.5. The van der Waals surface area contributed by atoms with Gasteiger partial charge in [-0.05, 0) is 30.5 Å². The summed E-state index contributed by atoms with van der Waals surface area (Å²) in [7, 11) is 0. The second-order valence-corrected chi connectivity index (χ2v) is 6.49. The van der Waals surface area contributed by atoms with Crippen molar-refractivity contribution in [3.63, 3.8) is 0 Å². The van der Waals surface area contributed by atoms with Crippen LogP contribution in [0.2, 0.25) is 0 Å². The molecule has 0 spiro atoms. The first-order valence-electron chi connectivity index (χ1n) is 7.72. The third-order valence-electron chi connectivity index (χ3n) is 4.40. The molecule has 2 heterocycles. The van der Waals surface area contributed by atoms with E-state index in [1.54, 1.807) is 17.0 Å². The average molecular weight is 354 g/mol. The van der Waals surface area contributed by atoms with Crippen LogP contribution in [-0.2, 0) is 6.18 Å². The number of amides is 1. The first-order valence-corrected chi connectivity index (χ1v) is 7.72. The molecule has 6 nitrogen and oxygen atoms in total. The van der Waals surface area contributed by atoms with E-state index in [1.165, 1.54) is 12.1 Å². The second-order valence-electron chi connectivity index (χ2n) is 6.49. The lowest BCUT2D eigenvalue weighted by Gasteiger charge is -2.22. The Kier molecular flexibility index (Phi) is 4.28. The standard InChI is InChI=1S/C16H17F3N4O2/c1-15(8-20)6-7-23(9-15)13(24)11-4-2-10(3-5-11)12-21-14(25-22-12)16(17,18)19/h2-5H,6-9,20H2,1H3. The van der Waals surface area contributed by atoms with E-state index in [2.05, 4.69) is 14.7 Å². The number of nitrogens with zero attached hydrogens (tertiary/aromatic N) is 3. The highest BCUT2D eigenvalue weighted by molar-refractivity contribution is 5.94. The average Bonchev–Trinajstić information content (AvgIpc) is 3.22. The smallest absolute Gasteiger partial charge is 0.338 e. The van der Waals surface area contributed by atoms with Gasteiger partial charge in [0.05, 0.1) is 0 Å². The van der Waals surface area contributed by atoms with Crippen molar-refractivity contribution >= 4 is 5.91 Å². The third kappa shape index (κ3) is 3.51. The summed E-state index contributed by atoms with van der Waals surface area (Å²) in [5, 5.41) is 3.32. The van der Waals surface area contributed by atoms with Gasteiger partial charge < -0.3 is 15.2 Å². The highest BCUT2D eigenvalue weighted by Crippen LogP contribution is 2.31. The number of rotatable bonds is 3. The van der Waals surface area contributed by atoms with Gasteiger partial charge in [0.1, 0.15) is 0 Å². The molecular weight excluding hydrogens is 337 g/mol. The van der Waals surface area contributed by atoms with E-state index < -0.39 is 12.1 Å². The molecule has 1 aliphatic heterocycles. The molecule has 1 aromatic heterocycles. The van der Waals surface area contributed by atoms with E-state index in [0.717, 1.165) is 6.42 Å². The number of benzene rings is 1. The van der Waals surface area contributed by atoms with E-state index in [1.807, 2.05) is 6.92 Å². The zero-order chi connectivity index (χ0) is 18.2. The van der Waals surface area contributed by atoms with E-state index >= 15 is 0 Å². The van der Waals surface area contributed by atoms with E-state index in [0.29, 0.717) is 30.8 Å². The van der Waals surface area contributed by atoms with Crippen LogP contribution < -0.4 is 5.73 Å². The van der Waals surface area contributed by atoms with E-state index in [-0.39, 0.29) is 17.1 Å². The van der Waals surface area contributed by atoms with Crippen LogP contribution in [0.1, 0.15) is 29.6 Å². The molecule has 0 saturated carbocycles. The highest BCUT2D eigenvalue weighted by Gasteiger charge is 2.38. The highest BCUT2D eigenvalue weighted by atomic mass is 19.4. The van der Waals surface area contributed by atoms with Crippen LogP contribution in [0.15, 0.2) is 28.8 Å². The molecule has 1 unspecified atom stereocenters. The van der Waals surface area contributed by atoms with Crippen LogP contribution in [0.4, 0.5) is 13.2 Å². The van der Waals surface area contributed by atoms with Crippen molar-refractivity contribution in [1.29, 1.82) is 0 Å². The largest absolute Gasteiger partial charge is 0.471 e.